The molecular formula is C60H114O6. The van der Waals surface area contributed by atoms with Crippen LogP contribution in [0.25, 0.3) is 0 Å². The fourth-order valence-corrected chi connectivity index (χ4v) is 9.03. The van der Waals surface area contributed by atoms with E-state index in [-0.39, 0.29) is 31.1 Å². The number of hydrogen-bond acceptors (Lipinski definition) is 6. The molecule has 0 N–H and O–H groups in total. The number of rotatable bonds is 55. The Balaban J connectivity index is 4.19. The second-order valence-corrected chi connectivity index (χ2v) is 20.3. The van der Waals surface area contributed by atoms with Gasteiger partial charge in [0.1, 0.15) is 13.2 Å². The van der Waals surface area contributed by atoms with E-state index >= 15 is 0 Å². The predicted molar refractivity (Wildman–Crippen MR) is 284 cm³/mol. The van der Waals surface area contributed by atoms with E-state index in [9.17, 15) is 14.4 Å². The van der Waals surface area contributed by atoms with Crippen molar-refractivity contribution in [3.63, 3.8) is 0 Å². The van der Waals surface area contributed by atoms with Crippen LogP contribution in [0.1, 0.15) is 335 Å². The number of hydrogen-bond donors (Lipinski definition) is 0. The molecule has 0 saturated heterocycles. The van der Waals surface area contributed by atoms with Gasteiger partial charge in [0.15, 0.2) is 6.10 Å². The minimum atomic E-state index is -0.768. The summed E-state index contributed by atoms with van der Waals surface area (Å²) in [5.74, 6) is -0.853. The van der Waals surface area contributed by atoms with Crippen molar-refractivity contribution in [2.24, 2.45) is 0 Å². The summed E-state index contributed by atoms with van der Waals surface area (Å²) in [5.41, 5.74) is 0. The van der Waals surface area contributed by atoms with Crippen molar-refractivity contribution in [3.8, 4) is 0 Å². The minimum Gasteiger partial charge on any atom is -0.462 e. The molecular weight excluding hydrogens is 817 g/mol. The Morgan fingerprint density at radius 1 is 0.288 bits per heavy atom. The van der Waals surface area contributed by atoms with E-state index in [0.29, 0.717) is 19.3 Å². The lowest BCUT2D eigenvalue weighted by Gasteiger charge is -2.18. The van der Waals surface area contributed by atoms with Gasteiger partial charge in [0.2, 0.25) is 0 Å². The van der Waals surface area contributed by atoms with Crippen LogP contribution in [-0.2, 0) is 28.6 Å². The molecule has 66 heavy (non-hydrogen) atoms. The molecule has 6 heteroatoms. The number of allylic oxidation sites excluding steroid dienone is 2. The molecule has 0 amide bonds. The smallest absolute Gasteiger partial charge is 0.306 e. The zero-order chi connectivity index (χ0) is 47.9. The van der Waals surface area contributed by atoms with Crippen molar-refractivity contribution < 1.29 is 28.6 Å². The van der Waals surface area contributed by atoms with Gasteiger partial charge in [-0.3, -0.25) is 14.4 Å². The molecule has 0 aromatic rings. The average Bonchev–Trinajstić information content (AvgIpc) is 3.31. The highest BCUT2D eigenvalue weighted by Crippen LogP contribution is 2.17. The first-order valence-electron chi connectivity index (χ1n) is 29.7. The van der Waals surface area contributed by atoms with Crippen LogP contribution < -0.4 is 0 Å². The fourth-order valence-electron chi connectivity index (χ4n) is 9.03. The van der Waals surface area contributed by atoms with E-state index in [1.807, 2.05) is 0 Å². The Morgan fingerprint density at radius 3 is 0.773 bits per heavy atom. The van der Waals surface area contributed by atoms with Gasteiger partial charge in [-0.05, 0) is 44.9 Å². The number of esters is 3. The minimum absolute atomic E-state index is 0.0675. The Bertz CT molecular complexity index is 1020. The van der Waals surface area contributed by atoms with Gasteiger partial charge in [-0.2, -0.15) is 0 Å². The molecule has 1 unspecified atom stereocenters. The molecule has 0 spiro atoms. The van der Waals surface area contributed by atoms with Crippen molar-refractivity contribution in [1.29, 1.82) is 0 Å². The molecule has 0 aliphatic heterocycles. The van der Waals surface area contributed by atoms with Crippen LogP contribution in [0.15, 0.2) is 12.2 Å². The maximum absolute atomic E-state index is 12.8. The second kappa shape index (κ2) is 55.7. The molecule has 0 fully saturated rings. The van der Waals surface area contributed by atoms with Crippen LogP contribution in [0.2, 0.25) is 0 Å². The van der Waals surface area contributed by atoms with Crippen LogP contribution in [0.4, 0.5) is 0 Å². The van der Waals surface area contributed by atoms with E-state index in [4.69, 9.17) is 14.2 Å². The lowest BCUT2D eigenvalue weighted by molar-refractivity contribution is -0.167. The maximum atomic E-state index is 12.8. The number of unbranched alkanes of at least 4 members (excludes halogenated alkanes) is 42. The van der Waals surface area contributed by atoms with Gasteiger partial charge in [-0.15, -0.1) is 0 Å². The lowest BCUT2D eigenvalue weighted by Crippen LogP contribution is -2.30. The van der Waals surface area contributed by atoms with Crippen molar-refractivity contribution in [2.45, 2.75) is 341 Å². The summed E-state index contributed by atoms with van der Waals surface area (Å²) in [4.78, 5) is 38.1. The second-order valence-electron chi connectivity index (χ2n) is 20.3. The lowest BCUT2D eigenvalue weighted by atomic mass is 10.0. The van der Waals surface area contributed by atoms with Crippen molar-refractivity contribution in [1.82, 2.24) is 0 Å². The molecule has 0 aromatic heterocycles. The third-order valence-electron chi connectivity index (χ3n) is 13.5. The number of carbonyl (C=O) groups excluding carboxylic acids is 3. The molecule has 0 aliphatic rings. The normalized spacial score (nSPS) is 12.0. The monoisotopic (exact) mass is 931 g/mol. The van der Waals surface area contributed by atoms with E-state index < -0.39 is 6.10 Å². The Labute approximate surface area is 411 Å². The number of ether oxygens (including phenoxy) is 3. The molecule has 0 heterocycles. The van der Waals surface area contributed by atoms with E-state index in [0.717, 1.165) is 64.2 Å². The van der Waals surface area contributed by atoms with Crippen LogP contribution in [0.5, 0.6) is 0 Å². The van der Waals surface area contributed by atoms with Crippen LogP contribution >= 0.6 is 0 Å². The first kappa shape index (κ1) is 64.2. The molecule has 1 atom stereocenters. The van der Waals surface area contributed by atoms with Crippen LogP contribution in [0, 0.1) is 0 Å². The Morgan fingerprint density at radius 2 is 0.500 bits per heavy atom. The van der Waals surface area contributed by atoms with Crippen LogP contribution in [0.3, 0.4) is 0 Å². The summed E-state index contributed by atoms with van der Waals surface area (Å²) < 4.78 is 16.9. The van der Waals surface area contributed by atoms with Gasteiger partial charge in [-0.1, -0.05) is 283 Å². The van der Waals surface area contributed by atoms with Crippen molar-refractivity contribution >= 4 is 17.9 Å². The first-order valence-corrected chi connectivity index (χ1v) is 29.7. The highest BCUT2D eigenvalue weighted by atomic mass is 16.6. The highest BCUT2D eigenvalue weighted by molar-refractivity contribution is 5.71. The summed E-state index contributed by atoms with van der Waals surface area (Å²) in [6.45, 7) is 6.67. The average molecular weight is 932 g/mol. The fraction of sp³-hybridized carbons (Fsp3) is 0.917. The predicted octanol–water partition coefficient (Wildman–Crippen LogP) is 19.7. The summed E-state index contributed by atoms with van der Waals surface area (Å²) in [6.07, 6.45) is 63.6. The van der Waals surface area contributed by atoms with Gasteiger partial charge in [0.25, 0.3) is 0 Å². The van der Waals surface area contributed by atoms with E-state index in [2.05, 4.69) is 32.9 Å². The molecule has 390 valence electrons. The molecule has 6 nitrogen and oxygen atoms in total. The highest BCUT2D eigenvalue weighted by Gasteiger charge is 2.19. The Kier molecular flexibility index (Phi) is 54.2. The van der Waals surface area contributed by atoms with Crippen molar-refractivity contribution in [3.05, 3.63) is 12.2 Å². The molecule has 0 rings (SSSR count). The summed E-state index contributed by atoms with van der Waals surface area (Å²) in [7, 11) is 0. The molecule has 0 radical (unpaired) electrons. The summed E-state index contributed by atoms with van der Waals surface area (Å²) >= 11 is 0. The van der Waals surface area contributed by atoms with Gasteiger partial charge in [-0.25, -0.2) is 0 Å². The third-order valence-corrected chi connectivity index (χ3v) is 13.5. The molecule has 0 saturated carbocycles. The van der Waals surface area contributed by atoms with Crippen molar-refractivity contribution in [2.75, 3.05) is 13.2 Å². The SMILES string of the molecule is CCCCCC/C=C\CCCCCCCC(=O)OC(COC(=O)CCCCCCCCCCCCCC)COC(=O)CCCCCCCCCCCCCCCCCCCCCCCCC. The number of carbonyl (C=O) groups is 3. The van der Waals surface area contributed by atoms with Gasteiger partial charge in [0.05, 0.1) is 0 Å². The third kappa shape index (κ3) is 53.1. The largest absolute Gasteiger partial charge is 0.462 e. The van der Waals surface area contributed by atoms with Crippen LogP contribution in [-0.4, -0.2) is 37.2 Å². The van der Waals surface area contributed by atoms with Gasteiger partial charge >= 0.3 is 17.9 Å². The van der Waals surface area contributed by atoms with E-state index in [1.165, 1.54) is 231 Å². The molecule has 0 aliphatic carbocycles. The Hall–Kier alpha value is -1.85. The van der Waals surface area contributed by atoms with E-state index in [1.54, 1.807) is 0 Å². The zero-order valence-electron chi connectivity index (χ0n) is 44.7. The first-order chi connectivity index (χ1) is 32.5. The summed E-state index contributed by atoms with van der Waals surface area (Å²) in [6, 6.07) is 0. The topological polar surface area (TPSA) is 78.9 Å². The molecule has 0 bridgehead atoms. The quantitative estimate of drug-likeness (QED) is 0.0262. The zero-order valence-corrected chi connectivity index (χ0v) is 44.7. The maximum Gasteiger partial charge on any atom is 0.306 e. The van der Waals surface area contributed by atoms with Gasteiger partial charge < -0.3 is 14.2 Å². The van der Waals surface area contributed by atoms with Gasteiger partial charge in [0, 0.05) is 19.3 Å². The molecule has 0 aromatic carbocycles. The standard InChI is InChI=1S/C60H114O6/c1-4-7-10-13-16-19-22-25-26-27-28-29-30-31-32-33-34-36-38-41-44-47-50-53-59(62)65-56-57(55-64-58(61)52-49-46-43-40-37-24-21-18-15-12-9-6-3)66-60(63)54-51-48-45-42-39-35-23-20-17-14-11-8-5-2/h20,23,57H,4-19,21-22,24-56H2,1-3H3/b23-20-. The summed E-state index contributed by atoms with van der Waals surface area (Å²) in [5, 5.41) is 0.